The van der Waals surface area contributed by atoms with Crippen LogP contribution in [0, 0.1) is 21.4 Å². The van der Waals surface area contributed by atoms with E-state index in [-0.39, 0.29) is 5.56 Å². The lowest BCUT2D eigenvalue weighted by molar-refractivity contribution is -0.385. The zero-order valence-corrected chi connectivity index (χ0v) is 8.28. The van der Waals surface area contributed by atoms with E-state index in [1.54, 1.807) is 0 Å². The molecule has 0 saturated carbocycles. The van der Waals surface area contributed by atoms with Crippen molar-refractivity contribution < 1.29 is 18.1 Å². The first kappa shape index (κ1) is 12.9. The van der Waals surface area contributed by atoms with E-state index in [1.807, 2.05) is 0 Å². The monoisotopic (exact) mass is 245 g/mol. The number of hydrogen-bond donors (Lipinski definition) is 1. The Bertz CT molecular complexity index is 505. The molecule has 0 aliphatic heterocycles. The van der Waals surface area contributed by atoms with Gasteiger partial charge in [-0.1, -0.05) is 0 Å². The quantitative estimate of drug-likeness (QED) is 0.636. The number of nitriles is 1. The van der Waals surface area contributed by atoms with Gasteiger partial charge in [-0.25, -0.2) is 0 Å². The molecule has 8 heteroatoms. The van der Waals surface area contributed by atoms with Gasteiger partial charge in [-0.2, -0.15) is 18.4 Å². The van der Waals surface area contributed by atoms with Gasteiger partial charge in [0.25, 0.3) is 5.69 Å². The van der Waals surface area contributed by atoms with Crippen LogP contribution in [-0.4, -0.2) is 4.92 Å². The van der Waals surface area contributed by atoms with Crippen LogP contribution in [0.1, 0.15) is 16.7 Å². The highest BCUT2D eigenvalue weighted by atomic mass is 19.4. The first-order chi connectivity index (χ1) is 7.81. The highest BCUT2D eigenvalue weighted by Crippen LogP contribution is 2.35. The minimum absolute atomic E-state index is 0.263. The van der Waals surface area contributed by atoms with Crippen LogP contribution >= 0.6 is 0 Å². The predicted molar refractivity (Wildman–Crippen MR) is 50.7 cm³/mol. The first-order valence-corrected chi connectivity index (χ1v) is 4.30. The van der Waals surface area contributed by atoms with Crippen molar-refractivity contribution in [1.82, 2.24) is 0 Å². The molecule has 0 aromatic heterocycles. The standard InChI is InChI=1S/C9H6F3N3O2/c10-9(11,12)7-1-6(4-14)8(15(16)17)2-5(7)3-13/h1-2H,4,14H2. The lowest BCUT2D eigenvalue weighted by Crippen LogP contribution is -2.11. The Balaban J connectivity index is 3.56. The molecule has 90 valence electrons. The number of nitrogens with two attached hydrogens (primary N) is 1. The second kappa shape index (κ2) is 4.39. The summed E-state index contributed by atoms with van der Waals surface area (Å²) in [5.74, 6) is 0. The zero-order valence-electron chi connectivity index (χ0n) is 8.28. The van der Waals surface area contributed by atoms with Crippen molar-refractivity contribution in [2.75, 3.05) is 0 Å². The lowest BCUT2D eigenvalue weighted by atomic mass is 10.0. The molecular weight excluding hydrogens is 239 g/mol. The minimum Gasteiger partial charge on any atom is -0.326 e. The molecule has 0 fully saturated rings. The summed E-state index contributed by atoms with van der Waals surface area (Å²) in [7, 11) is 0. The molecule has 0 saturated heterocycles. The number of halogens is 3. The molecule has 5 nitrogen and oxygen atoms in total. The maximum Gasteiger partial charge on any atom is 0.417 e. The van der Waals surface area contributed by atoms with Gasteiger partial charge >= 0.3 is 6.18 Å². The van der Waals surface area contributed by atoms with Crippen molar-refractivity contribution in [3.05, 3.63) is 38.9 Å². The van der Waals surface area contributed by atoms with Gasteiger partial charge in [0, 0.05) is 18.2 Å². The molecular formula is C9H6F3N3O2. The highest BCUT2D eigenvalue weighted by molar-refractivity contribution is 5.52. The number of rotatable bonds is 2. The van der Waals surface area contributed by atoms with Crippen molar-refractivity contribution in [3.63, 3.8) is 0 Å². The van der Waals surface area contributed by atoms with Gasteiger partial charge < -0.3 is 5.73 Å². The van der Waals surface area contributed by atoms with E-state index in [0.29, 0.717) is 12.1 Å². The molecule has 1 aromatic carbocycles. The van der Waals surface area contributed by atoms with Gasteiger partial charge in [-0.15, -0.1) is 0 Å². The Hall–Kier alpha value is -2.14. The molecule has 0 amide bonds. The number of nitro benzene ring substituents is 1. The minimum atomic E-state index is -4.75. The van der Waals surface area contributed by atoms with Crippen molar-refractivity contribution in [3.8, 4) is 6.07 Å². The van der Waals surface area contributed by atoms with Crippen LogP contribution in [0.4, 0.5) is 18.9 Å². The van der Waals surface area contributed by atoms with Crippen LogP contribution in [0.15, 0.2) is 12.1 Å². The molecule has 0 heterocycles. The summed E-state index contributed by atoms with van der Waals surface area (Å²) >= 11 is 0. The average molecular weight is 245 g/mol. The Morgan fingerprint density at radius 1 is 1.47 bits per heavy atom. The van der Waals surface area contributed by atoms with Crippen LogP contribution in [0.3, 0.4) is 0 Å². The number of hydrogen-bond acceptors (Lipinski definition) is 4. The topological polar surface area (TPSA) is 92.9 Å². The van der Waals surface area contributed by atoms with Crippen molar-refractivity contribution >= 4 is 5.69 Å². The van der Waals surface area contributed by atoms with E-state index in [2.05, 4.69) is 0 Å². The number of alkyl halides is 3. The smallest absolute Gasteiger partial charge is 0.326 e. The van der Waals surface area contributed by atoms with E-state index >= 15 is 0 Å². The largest absolute Gasteiger partial charge is 0.417 e. The summed E-state index contributed by atoms with van der Waals surface area (Å²) in [4.78, 5) is 9.70. The van der Waals surface area contributed by atoms with E-state index < -0.39 is 34.5 Å². The maximum atomic E-state index is 12.5. The molecule has 1 rings (SSSR count). The number of benzene rings is 1. The lowest BCUT2D eigenvalue weighted by Gasteiger charge is -2.10. The Morgan fingerprint density at radius 3 is 2.41 bits per heavy atom. The van der Waals surface area contributed by atoms with Gasteiger partial charge in [-0.3, -0.25) is 10.1 Å². The van der Waals surface area contributed by atoms with Crippen LogP contribution in [0.5, 0.6) is 0 Å². The van der Waals surface area contributed by atoms with Crippen LogP contribution in [0.25, 0.3) is 0 Å². The second-order valence-corrected chi connectivity index (χ2v) is 3.10. The Kier molecular flexibility index (Phi) is 3.34. The Morgan fingerprint density at radius 2 is 2.06 bits per heavy atom. The molecule has 17 heavy (non-hydrogen) atoms. The highest BCUT2D eigenvalue weighted by Gasteiger charge is 2.35. The van der Waals surface area contributed by atoms with Crippen molar-refractivity contribution in [1.29, 1.82) is 5.26 Å². The van der Waals surface area contributed by atoms with E-state index in [1.165, 1.54) is 6.07 Å². The molecule has 0 atom stereocenters. The third kappa shape index (κ3) is 2.51. The zero-order chi connectivity index (χ0) is 13.2. The summed E-state index contributed by atoms with van der Waals surface area (Å²) in [5.41, 5.74) is 2.28. The third-order valence-corrected chi connectivity index (χ3v) is 2.06. The van der Waals surface area contributed by atoms with Crippen molar-refractivity contribution in [2.45, 2.75) is 12.7 Å². The third-order valence-electron chi connectivity index (χ3n) is 2.06. The van der Waals surface area contributed by atoms with Crippen LogP contribution in [0.2, 0.25) is 0 Å². The van der Waals surface area contributed by atoms with Crippen LogP contribution < -0.4 is 5.73 Å². The fourth-order valence-electron chi connectivity index (χ4n) is 1.29. The van der Waals surface area contributed by atoms with E-state index in [4.69, 9.17) is 11.0 Å². The van der Waals surface area contributed by atoms with E-state index in [0.717, 1.165) is 0 Å². The first-order valence-electron chi connectivity index (χ1n) is 4.30. The van der Waals surface area contributed by atoms with Crippen LogP contribution in [-0.2, 0) is 12.7 Å². The van der Waals surface area contributed by atoms with Gasteiger partial charge in [0.1, 0.15) is 6.07 Å². The normalized spacial score (nSPS) is 11.0. The summed E-state index contributed by atoms with van der Waals surface area (Å²) in [6.07, 6.45) is -4.75. The second-order valence-electron chi connectivity index (χ2n) is 3.10. The molecule has 0 aliphatic carbocycles. The molecule has 0 radical (unpaired) electrons. The maximum absolute atomic E-state index is 12.5. The SMILES string of the molecule is N#Cc1cc([N+](=O)[O-])c(CN)cc1C(F)(F)F. The van der Waals surface area contributed by atoms with Gasteiger partial charge in [0.15, 0.2) is 0 Å². The Labute approximate surface area is 93.4 Å². The summed E-state index contributed by atoms with van der Waals surface area (Å²) in [6, 6.07) is 2.41. The molecule has 2 N–H and O–H groups in total. The molecule has 0 aliphatic rings. The van der Waals surface area contributed by atoms with Gasteiger partial charge in [-0.05, 0) is 6.07 Å². The van der Waals surface area contributed by atoms with E-state index in [9.17, 15) is 23.3 Å². The number of nitrogens with zero attached hydrogens (tertiary/aromatic N) is 2. The summed E-state index contributed by atoms with van der Waals surface area (Å²) in [5, 5.41) is 19.1. The average Bonchev–Trinajstić information content (AvgIpc) is 2.25. The molecule has 0 unspecified atom stereocenters. The summed E-state index contributed by atoms with van der Waals surface area (Å²) in [6.45, 7) is -0.412. The van der Waals surface area contributed by atoms with Gasteiger partial charge in [0.05, 0.1) is 16.1 Å². The van der Waals surface area contributed by atoms with Crippen molar-refractivity contribution in [2.24, 2.45) is 5.73 Å². The van der Waals surface area contributed by atoms with Gasteiger partial charge in [0.2, 0.25) is 0 Å². The fourth-order valence-corrected chi connectivity index (χ4v) is 1.29. The summed E-state index contributed by atoms with van der Waals surface area (Å²) < 4.78 is 37.6. The fraction of sp³-hybridized carbons (Fsp3) is 0.222. The molecule has 0 bridgehead atoms. The predicted octanol–water partition coefficient (Wildman–Crippen LogP) is 1.94. The molecule has 0 spiro atoms. The molecule has 1 aromatic rings. The number of nitro groups is 1.